The zero-order valence-electron chi connectivity index (χ0n) is 13.2. The Morgan fingerprint density at radius 2 is 2.09 bits per heavy atom. The number of unbranched alkanes of at least 4 members (excludes halogenated alkanes) is 1. The SMILES string of the molecule is CCCCN1C(=O)C2C(=NC(Br)=[N+]2C(C)C(C)=O)N(C)C1=O. The van der Waals surface area contributed by atoms with Gasteiger partial charge in [0.05, 0.1) is 15.9 Å². The number of halogens is 1. The van der Waals surface area contributed by atoms with Crippen LogP contribution in [0, 0.1) is 0 Å². The van der Waals surface area contributed by atoms with Gasteiger partial charge in [0.15, 0.2) is 11.8 Å². The minimum absolute atomic E-state index is 0.0686. The summed E-state index contributed by atoms with van der Waals surface area (Å²) in [5, 5.41) is 0. The molecule has 3 amide bonds. The smallest absolute Gasteiger partial charge is 0.295 e. The van der Waals surface area contributed by atoms with Crippen molar-refractivity contribution < 1.29 is 19.0 Å². The number of urea groups is 1. The highest BCUT2D eigenvalue weighted by Gasteiger charge is 2.55. The molecular weight excluding hydrogens is 352 g/mol. The number of fused-ring (bicyclic) bond motifs is 1. The monoisotopic (exact) mass is 371 g/mol. The summed E-state index contributed by atoms with van der Waals surface area (Å²) in [6, 6.07) is -1.60. The Labute approximate surface area is 137 Å². The van der Waals surface area contributed by atoms with Gasteiger partial charge in [0.2, 0.25) is 0 Å². The molecule has 2 rings (SSSR count). The minimum Gasteiger partial charge on any atom is -0.295 e. The van der Waals surface area contributed by atoms with Gasteiger partial charge in [0.1, 0.15) is 0 Å². The fourth-order valence-electron chi connectivity index (χ4n) is 2.55. The number of carbonyl (C=O) groups excluding carboxylic acids is 3. The van der Waals surface area contributed by atoms with Gasteiger partial charge in [0, 0.05) is 13.6 Å². The van der Waals surface area contributed by atoms with E-state index in [2.05, 4.69) is 20.9 Å². The predicted molar refractivity (Wildman–Crippen MR) is 85.3 cm³/mol. The van der Waals surface area contributed by atoms with Crippen LogP contribution in [0.4, 0.5) is 4.79 Å². The summed E-state index contributed by atoms with van der Waals surface area (Å²) in [6.45, 7) is 5.57. The van der Waals surface area contributed by atoms with Crippen molar-refractivity contribution in [2.24, 2.45) is 4.99 Å². The van der Waals surface area contributed by atoms with E-state index in [1.807, 2.05) is 6.92 Å². The fraction of sp³-hybridized carbons (Fsp3) is 0.643. The maximum absolute atomic E-state index is 12.8. The van der Waals surface area contributed by atoms with E-state index < -0.39 is 12.1 Å². The fourth-order valence-corrected chi connectivity index (χ4v) is 3.25. The number of aliphatic imine (C=N–C) groups is 1. The second-order valence-electron chi connectivity index (χ2n) is 5.52. The number of hydrogen-bond donors (Lipinski definition) is 0. The van der Waals surface area contributed by atoms with Crippen LogP contribution < -0.4 is 0 Å². The van der Waals surface area contributed by atoms with Crippen LogP contribution in [0.3, 0.4) is 0 Å². The van der Waals surface area contributed by atoms with E-state index in [-0.39, 0.29) is 17.7 Å². The molecule has 0 aromatic heterocycles. The van der Waals surface area contributed by atoms with Crippen molar-refractivity contribution in [3.05, 3.63) is 0 Å². The Bertz CT molecular complexity index is 599. The van der Waals surface area contributed by atoms with Gasteiger partial charge in [-0.2, -0.15) is 0 Å². The van der Waals surface area contributed by atoms with Gasteiger partial charge < -0.3 is 0 Å². The van der Waals surface area contributed by atoms with E-state index in [0.717, 1.165) is 12.8 Å². The molecule has 2 unspecified atom stereocenters. The topological polar surface area (TPSA) is 73.1 Å². The summed E-state index contributed by atoms with van der Waals surface area (Å²) in [7, 11) is 1.60. The van der Waals surface area contributed by atoms with Gasteiger partial charge in [-0.25, -0.2) is 9.37 Å². The zero-order chi connectivity index (χ0) is 16.6. The molecule has 0 radical (unpaired) electrons. The lowest BCUT2D eigenvalue weighted by atomic mass is 10.1. The first-order valence-electron chi connectivity index (χ1n) is 7.30. The second-order valence-corrected chi connectivity index (χ2v) is 6.23. The number of amides is 3. The highest BCUT2D eigenvalue weighted by molar-refractivity contribution is 9.18. The maximum Gasteiger partial charge on any atom is 0.365 e. The van der Waals surface area contributed by atoms with Gasteiger partial charge in [-0.05, 0) is 25.3 Å². The third kappa shape index (κ3) is 2.60. The van der Waals surface area contributed by atoms with Crippen molar-refractivity contribution in [2.45, 2.75) is 45.7 Å². The molecule has 0 aromatic rings. The van der Waals surface area contributed by atoms with Gasteiger partial charge in [-0.1, -0.05) is 13.3 Å². The molecule has 8 heteroatoms. The van der Waals surface area contributed by atoms with E-state index >= 15 is 0 Å². The number of ketones is 1. The molecule has 2 atom stereocenters. The number of likely N-dealkylation sites (N-methyl/N-ethyl adjacent to an activating group) is 1. The predicted octanol–water partition coefficient (Wildman–Crippen LogP) is 1.20. The van der Waals surface area contributed by atoms with Gasteiger partial charge >= 0.3 is 10.8 Å². The first kappa shape index (κ1) is 16.8. The summed E-state index contributed by atoms with van der Waals surface area (Å²) in [6.07, 6.45) is 1.63. The maximum atomic E-state index is 12.8. The molecule has 0 spiro atoms. The Morgan fingerprint density at radius 1 is 1.45 bits per heavy atom. The molecule has 0 aliphatic carbocycles. The van der Waals surface area contributed by atoms with Crippen LogP contribution in [0.2, 0.25) is 0 Å². The average Bonchev–Trinajstić information content (AvgIpc) is 2.81. The van der Waals surface area contributed by atoms with Crippen LogP contribution in [0.15, 0.2) is 4.99 Å². The quantitative estimate of drug-likeness (QED) is 0.538. The molecule has 0 aromatic carbocycles. The number of imide groups is 1. The minimum atomic E-state index is -0.729. The molecule has 2 heterocycles. The van der Waals surface area contributed by atoms with Gasteiger partial charge in [-0.15, -0.1) is 0 Å². The normalized spacial score (nSPS) is 23.0. The Morgan fingerprint density at radius 3 is 2.64 bits per heavy atom. The van der Waals surface area contributed by atoms with Crippen LogP contribution in [0.25, 0.3) is 0 Å². The van der Waals surface area contributed by atoms with Gasteiger partial charge in [0.25, 0.3) is 17.8 Å². The van der Waals surface area contributed by atoms with Crippen LogP contribution in [-0.2, 0) is 9.59 Å². The van der Waals surface area contributed by atoms with Crippen LogP contribution >= 0.6 is 15.9 Å². The van der Waals surface area contributed by atoms with Crippen molar-refractivity contribution in [1.82, 2.24) is 9.80 Å². The Hall–Kier alpha value is -1.57. The van der Waals surface area contributed by atoms with Crippen molar-refractivity contribution in [1.29, 1.82) is 0 Å². The molecule has 22 heavy (non-hydrogen) atoms. The Balaban J connectivity index is 2.40. The first-order valence-corrected chi connectivity index (χ1v) is 8.09. The molecule has 7 nitrogen and oxygen atoms in total. The molecule has 0 bridgehead atoms. The van der Waals surface area contributed by atoms with E-state index in [9.17, 15) is 14.4 Å². The highest BCUT2D eigenvalue weighted by atomic mass is 79.9. The van der Waals surface area contributed by atoms with E-state index in [4.69, 9.17) is 0 Å². The van der Waals surface area contributed by atoms with E-state index in [1.54, 1.807) is 18.5 Å². The lowest BCUT2D eigenvalue weighted by Gasteiger charge is -2.33. The van der Waals surface area contributed by atoms with Crippen LogP contribution in [0.5, 0.6) is 0 Å². The van der Waals surface area contributed by atoms with Gasteiger partial charge in [-0.3, -0.25) is 19.4 Å². The van der Waals surface area contributed by atoms with Crippen LogP contribution in [0.1, 0.15) is 33.6 Å². The van der Waals surface area contributed by atoms with Crippen molar-refractivity contribution in [2.75, 3.05) is 13.6 Å². The third-order valence-corrected chi connectivity index (χ3v) is 4.63. The standard InChI is InChI=1S/C14H20BrN4O3/c1-5-6-7-18-12(21)10-11(17(4)14(18)22)16-13(15)19(10)8(2)9(3)20/h8,10H,5-7H2,1-4H3/q+1. The molecule has 1 saturated heterocycles. The molecule has 1 fully saturated rings. The molecule has 0 saturated carbocycles. The zero-order valence-corrected chi connectivity index (χ0v) is 14.8. The molecule has 2 aliphatic heterocycles. The second kappa shape index (κ2) is 6.28. The van der Waals surface area contributed by atoms with E-state index in [1.165, 1.54) is 16.7 Å². The Kier molecular flexibility index (Phi) is 4.79. The third-order valence-electron chi connectivity index (χ3n) is 4.04. The van der Waals surface area contributed by atoms with Crippen molar-refractivity contribution in [3.8, 4) is 0 Å². The number of nitrogens with zero attached hydrogens (tertiary/aromatic N) is 4. The molecular formula is C14H20BrN4O3+. The molecule has 2 aliphatic rings. The van der Waals surface area contributed by atoms with Crippen LogP contribution in [-0.4, -0.2) is 68.4 Å². The lowest BCUT2D eigenvalue weighted by molar-refractivity contribution is -0.552. The largest absolute Gasteiger partial charge is 0.365 e. The first-order chi connectivity index (χ1) is 10.3. The summed E-state index contributed by atoms with van der Waals surface area (Å²) in [4.78, 5) is 43.7. The average molecular weight is 372 g/mol. The van der Waals surface area contributed by atoms with Crippen molar-refractivity contribution >= 4 is 44.2 Å². The molecule has 120 valence electrons. The van der Waals surface area contributed by atoms with E-state index in [0.29, 0.717) is 17.1 Å². The number of carbonyl (C=O) groups is 3. The number of rotatable bonds is 5. The summed E-state index contributed by atoms with van der Waals surface area (Å²) >= 11 is 3.31. The number of amidine groups is 2. The summed E-state index contributed by atoms with van der Waals surface area (Å²) in [5.74, 6) is -0.0264. The number of Topliss-reactive ketones (excluding diaryl/α,β-unsaturated/α-hetero) is 1. The van der Waals surface area contributed by atoms with Crippen molar-refractivity contribution in [3.63, 3.8) is 0 Å². The summed E-state index contributed by atoms with van der Waals surface area (Å²) in [5.41, 5.74) is 0. The molecule has 0 N–H and O–H groups in total. The number of hydrogen-bond acceptors (Lipinski definition) is 4. The highest BCUT2D eigenvalue weighted by Crippen LogP contribution is 2.23. The lowest BCUT2D eigenvalue weighted by Crippen LogP contribution is -2.64. The summed E-state index contributed by atoms with van der Waals surface area (Å²) < 4.78 is 2.03.